The Hall–Kier alpha value is -3.19. The summed E-state index contributed by atoms with van der Waals surface area (Å²) in [4.78, 5) is 17.6. The van der Waals surface area contributed by atoms with Crippen molar-refractivity contribution in [2.75, 3.05) is 44.0 Å². The lowest BCUT2D eigenvalue weighted by molar-refractivity contribution is -0.137. The number of halogens is 6. The van der Waals surface area contributed by atoms with Crippen LogP contribution in [0.25, 0.3) is 22.2 Å². The van der Waals surface area contributed by atoms with E-state index in [4.69, 9.17) is 31.8 Å². The van der Waals surface area contributed by atoms with Crippen molar-refractivity contribution in [3.63, 3.8) is 0 Å². The van der Waals surface area contributed by atoms with Crippen LogP contribution in [0.3, 0.4) is 0 Å². The molecule has 3 aromatic rings. The van der Waals surface area contributed by atoms with Crippen molar-refractivity contribution in [1.29, 1.82) is 0 Å². The second kappa shape index (κ2) is 11.0. The quantitative estimate of drug-likeness (QED) is 0.239. The molecule has 2 aromatic heterocycles. The van der Waals surface area contributed by atoms with Gasteiger partial charge in [0.15, 0.2) is 5.82 Å². The molecule has 2 atom stereocenters. The van der Waals surface area contributed by atoms with Crippen LogP contribution < -0.4 is 20.1 Å². The first-order valence-corrected chi connectivity index (χ1v) is 15.8. The summed E-state index contributed by atoms with van der Waals surface area (Å²) in [5.41, 5.74) is 2.09. The van der Waals surface area contributed by atoms with Crippen LogP contribution in [0.15, 0.2) is 12.1 Å². The summed E-state index contributed by atoms with van der Waals surface area (Å²) >= 11 is 6.02. The van der Waals surface area contributed by atoms with E-state index in [0.29, 0.717) is 25.2 Å². The van der Waals surface area contributed by atoms with E-state index in [1.165, 1.54) is 0 Å². The average molecular weight is 653 g/mol. The van der Waals surface area contributed by atoms with E-state index in [0.717, 1.165) is 63.6 Å². The fourth-order valence-corrected chi connectivity index (χ4v) is 8.30. The summed E-state index contributed by atoms with van der Waals surface area (Å²) < 4.78 is 86.2. The predicted octanol–water partition coefficient (Wildman–Crippen LogP) is 6.96. The van der Waals surface area contributed by atoms with Gasteiger partial charge in [-0.15, -0.1) is 0 Å². The maximum absolute atomic E-state index is 16.7. The minimum atomic E-state index is -4.93. The SMILES string of the molecule is CN1c2nc(OC[C@@]34CCCN3C[C@H](F)C4)nc3c(F)c(-c4cc(N)cc(Cl)c4C(F)(F)F)nc(c23)OCCC12CCCCC2. The van der Waals surface area contributed by atoms with Gasteiger partial charge in [0.25, 0.3) is 0 Å². The van der Waals surface area contributed by atoms with Gasteiger partial charge in [0, 0.05) is 43.2 Å². The Kier molecular flexibility index (Phi) is 7.42. The number of nitrogen functional groups attached to an aromatic ring is 1. The van der Waals surface area contributed by atoms with Crippen molar-refractivity contribution >= 4 is 34.0 Å². The lowest BCUT2D eigenvalue weighted by Crippen LogP contribution is -2.50. The van der Waals surface area contributed by atoms with Crippen LogP contribution in [0.1, 0.15) is 63.4 Å². The molecule has 7 rings (SSSR count). The summed E-state index contributed by atoms with van der Waals surface area (Å²) in [5, 5.41) is -0.540. The number of aromatic nitrogens is 3. The first-order chi connectivity index (χ1) is 21.4. The smallest absolute Gasteiger partial charge is 0.418 e. The molecule has 45 heavy (non-hydrogen) atoms. The second-order valence-electron chi connectivity index (χ2n) is 12.9. The minimum absolute atomic E-state index is 0.0937. The molecule has 1 saturated carbocycles. The number of hydrogen-bond acceptors (Lipinski definition) is 8. The van der Waals surface area contributed by atoms with Gasteiger partial charge in [0.2, 0.25) is 5.88 Å². The van der Waals surface area contributed by atoms with Gasteiger partial charge in [-0.2, -0.15) is 23.1 Å². The van der Waals surface area contributed by atoms with Crippen molar-refractivity contribution in [3.8, 4) is 23.1 Å². The summed E-state index contributed by atoms with van der Waals surface area (Å²) in [6, 6.07) is 1.80. The van der Waals surface area contributed by atoms with Crippen molar-refractivity contribution in [2.24, 2.45) is 0 Å². The third-order valence-electron chi connectivity index (χ3n) is 10.2. The molecule has 242 valence electrons. The molecule has 2 saturated heterocycles. The monoisotopic (exact) mass is 652 g/mol. The third-order valence-corrected chi connectivity index (χ3v) is 10.5. The summed E-state index contributed by atoms with van der Waals surface area (Å²) in [6.07, 6.45) is 1.48. The first kappa shape index (κ1) is 30.5. The maximum atomic E-state index is 16.7. The molecule has 1 spiro atoms. The van der Waals surface area contributed by atoms with Crippen molar-refractivity contribution in [1.82, 2.24) is 19.9 Å². The summed E-state index contributed by atoms with van der Waals surface area (Å²) in [6.45, 7) is 1.39. The molecule has 2 N–H and O–H groups in total. The van der Waals surface area contributed by atoms with Crippen molar-refractivity contribution in [3.05, 3.63) is 28.5 Å². The number of alkyl halides is 4. The van der Waals surface area contributed by atoms with Crippen LogP contribution in [0.2, 0.25) is 5.02 Å². The number of fused-ring (bicyclic) bond motifs is 1. The van der Waals surface area contributed by atoms with Gasteiger partial charge in [-0.3, -0.25) is 4.90 Å². The van der Waals surface area contributed by atoms with E-state index in [1.807, 2.05) is 11.9 Å². The van der Waals surface area contributed by atoms with Gasteiger partial charge in [-0.05, 0) is 44.4 Å². The Bertz CT molecular complexity index is 1650. The average Bonchev–Trinajstić information content (AvgIpc) is 3.51. The van der Waals surface area contributed by atoms with E-state index in [9.17, 15) is 17.6 Å². The molecule has 0 unspecified atom stereocenters. The normalized spacial score (nSPS) is 24.9. The van der Waals surface area contributed by atoms with Crippen molar-refractivity contribution < 1.29 is 31.4 Å². The molecule has 3 aliphatic heterocycles. The zero-order valence-corrected chi connectivity index (χ0v) is 25.6. The highest BCUT2D eigenvalue weighted by molar-refractivity contribution is 6.32. The van der Waals surface area contributed by atoms with Gasteiger partial charge in [0.05, 0.1) is 22.7 Å². The van der Waals surface area contributed by atoms with Crippen molar-refractivity contribution in [2.45, 2.75) is 81.2 Å². The molecule has 1 aromatic carbocycles. The fraction of sp³-hybridized carbons (Fsp3) is 0.581. The van der Waals surface area contributed by atoms with Crippen LogP contribution >= 0.6 is 11.6 Å². The van der Waals surface area contributed by atoms with Gasteiger partial charge >= 0.3 is 12.2 Å². The largest absolute Gasteiger partial charge is 0.477 e. The molecule has 5 heterocycles. The highest BCUT2D eigenvalue weighted by Crippen LogP contribution is 2.48. The summed E-state index contributed by atoms with van der Waals surface area (Å²) in [7, 11) is 1.89. The highest BCUT2D eigenvalue weighted by Gasteiger charge is 2.50. The second-order valence-corrected chi connectivity index (χ2v) is 13.3. The molecule has 1 aliphatic carbocycles. The van der Waals surface area contributed by atoms with E-state index in [-0.39, 0.29) is 47.2 Å². The van der Waals surface area contributed by atoms with E-state index < -0.39 is 45.5 Å². The summed E-state index contributed by atoms with van der Waals surface area (Å²) in [5.74, 6) is -0.888. The molecular weight excluding hydrogens is 619 g/mol. The number of ether oxygens (including phenoxy) is 2. The number of nitrogens with zero attached hydrogens (tertiary/aromatic N) is 5. The molecule has 0 radical (unpaired) electrons. The van der Waals surface area contributed by atoms with E-state index in [1.54, 1.807) is 0 Å². The number of nitrogens with two attached hydrogens (primary N) is 1. The van der Waals surface area contributed by atoms with Crippen LogP contribution in [0.4, 0.5) is 33.5 Å². The predicted molar refractivity (Wildman–Crippen MR) is 160 cm³/mol. The Labute approximate surface area is 262 Å². The minimum Gasteiger partial charge on any atom is -0.477 e. The van der Waals surface area contributed by atoms with Gasteiger partial charge in [0.1, 0.15) is 35.2 Å². The molecular formula is C31H34ClF5N6O2. The number of anilines is 2. The third kappa shape index (κ3) is 5.10. The topological polar surface area (TPSA) is 89.6 Å². The highest BCUT2D eigenvalue weighted by atomic mass is 35.5. The molecule has 4 aliphatic rings. The zero-order valence-electron chi connectivity index (χ0n) is 24.8. The molecule has 3 fully saturated rings. The Morgan fingerprint density at radius 2 is 1.87 bits per heavy atom. The van der Waals surface area contributed by atoms with E-state index >= 15 is 4.39 Å². The Morgan fingerprint density at radius 1 is 1.09 bits per heavy atom. The number of benzene rings is 1. The van der Waals surface area contributed by atoms with Crippen LogP contribution in [-0.4, -0.2) is 70.5 Å². The zero-order chi connectivity index (χ0) is 31.7. The molecule has 14 heteroatoms. The Balaban J connectivity index is 1.42. The fourth-order valence-electron chi connectivity index (χ4n) is 7.97. The lowest BCUT2D eigenvalue weighted by Gasteiger charge is -2.46. The lowest BCUT2D eigenvalue weighted by atomic mass is 9.78. The standard InChI is InChI=1S/C31H34ClF5N6O2/c1-42-26-21-25(40-28(41-26)45-16-30-8-5-10-43(30)15-17(33)14-30)23(34)24(19-12-18(38)13-20(32)22(19)31(35,36)37)39-27(21)44-11-9-29(42)6-3-2-4-7-29/h12-13,17H,2-11,14-16,38H2,1H3/t17-,30+/m1/s1. The molecule has 0 bridgehead atoms. The van der Waals surface area contributed by atoms with E-state index in [2.05, 4.69) is 14.9 Å². The first-order valence-electron chi connectivity index (χ1n) is 15.4. The number of hydrogen-bond donors (Lipinski definition) is 1. The molecule has 8 nitrogen and oxygen atoms in total. The van der Waals surface area contributed by atoms with Crippen LogP contribution in [0.5, 0.6) is 11.9 Å². The maximum Gasteiger partial charge on any atom is 0.418 e. The van der Waals surface area contributed by atoms with Crippen LogP contribution in [0, 0.1) is 5.82 Å². The van der Waals surface area contributed by atoms with Gasteiger partial charge in [-0.1, -0.05) is 30.9 Å². The van der Waals surface area contributed by atoms with Gasteiger partial charge in [-0.25, -0.2) is 13.8 Å². The van der Waals surface area contributed by atoms with Gasteiger partial charge < -0.3 is 20.1 Å². The molecule has 0 amide bonds. The number of pyridine rings is 1. The number of rotatable bonds is 4. The Morgan fingerprint density at radius 3 is 2.62 bits per heavy atom. The van der Waals surface area contributed by atoms with Crippen LogP contribution in [-0.2, 0) is 6.18 Å².